The van der Waals surface area contributed by atoms with Gasteiger partial charge in [0.2, 0.25) is 0 Å². The average molecular weight is 373 g/mol. The van der Waals surface area contributed by atoms with Gasteiger partial charge in [0.25, 0.3) is 5.91 Å². The van der Waals surface area contributed by atoms with Crippen LogP contribution in [0.3, 0.4) is 0 Å². The molecule has 2 N–H and O–H groups in total. The highest BCUT2D eigenvalue weighted by Gasteiger charge is 2.24. The predicted octanol–water partition coefficient (Wildman–Crippen LogP) is 1.29. The van der Waals surface area contributed by atoms with Crippen LogP contribution in [0.2, 0.25) is 0 Å². The molecular formula is C15H22Cl2N6O. The molecule has 1 aliphatic rings. The van der Waals surface area contributed by atoms with Crippen LogP contribution < -0.4 is 10.6 Å². The van der Waals surface area contributed by atoms with E-state index in [1.807, 2.05) is 18.2 Å². The standard InChI is InChI=1S/C15H20N6O.2ClH/c1-11-5-7-16-8-13(11)18-15(22)14-10-21(20-19-14)9-12-4-2-3-6-17-12;;/h2-4,6,10-11,13,16H,5,7-9H2,1H3,(H,18,22);2*1H. The van der Waals surface area contributed by atoms with Crippen molar-refractivity contribution in [2.75, 3.05) is 13.1 Å². The van der Waals surface area contributed by atoms with Crippen LogP contribution in [0, 0.1) is 5.92 Å². The number of hydrogen-bond acceptors (Lipinski definition) is 5. The smallest absolute Gasteiger partial charge is 0.273 e. The van der Waals surface area contributed by atoms with Gasteiger partial charge in [-0.25, -0.2) is 4.68 Å². The van der Waals surface area contributed by atoms with E-state index in [2.05, 4.69) is 32.9 Å². The lowest BCUT2D eigenvalue weighted by molar-refractivity contribution is 0.0910. The predicted molar refractivity (Wildman–Crippen MR) is 95.8 cm³/mol. The van der Waals surface area contributed by atoms with Gasteiger partial charge in [0, 0.05) is 18.8 Å². The zero-order chi connectivity index (χ0) is 15.4. The summed E-state index contributed by atoms with van der Waals surface area (Å²) in [4.78, 5) is 16.5. The van der Waals surface area contributed by atoms with Gasteiger partial charge in [0.15, 0.2) is 5.69 Å². The van der Waals surface area contributed by atoms with Gasteiger partial charge in [-0.3, -0.25) is 9.78 Å². The van der Waals surface area contributed by atoms with Gasteiger partial charge < -0.3 is 10.6 Å². The molecule has 132 valence electrons. The molecule has 1 fully saturated rings. The maximum Gasteiger partial charge on any atom is 0.273 e. The first-order chi connectivity index (χ1) is 10.7. The Morgan fingerprint density at radius 1 is 1.42 bits per heavy atom. The second kappa shape index (κ2) is 9.56. The topological polar surface area (TPSA) is 84.7 Å². The fourth-order valence-corrected chi connectivity index (χ4v) is 2.56. The number of nitrogens with one attached hydrogen (secondary N) is 2. The molecule has 3 heterocycles. The van der Waals surface area contributed by atoms with Gasteiger partial charge in [-0.1, -0.05) is 18.2 Å². The number of aromatic nitrogens is 4. The number of rotatable bonds is 4. The molecule has 0 saturated carbocycles. The summed E-state index contributed by atoms with van der Waals surface area (Å²) in [5.41, 5.74) is 1.22. The van der Waals surface area contributed by atoms with Crippen LogP contribution in [-0.2, 0) is 6.54 Å². The third-order valence-corrected chi connectivity index (χ3v) is 3.97. The summed E-state index contributed by atoms with van der Waals surface area (Å²) in [7, 11) is 0. The molecule has 0 radical (unpaired) electrons. The van der Waals surface area contributed by atoms with E-state index in [-0.39, 0.29) is 36.8 Å². The molecule has 0 aliphatic carbocycles. The molecular weight excluding hydrogens is 351 g/mol. The van der Waals surface area contributed by atoms with E-state index in [0.717, 1.165) is 25.2 Å². The molecule has 0 aromatic carbocycles. The fraction of sp³-hybridized carbons (Fsp3) is 0.467. The van der Waals surface area contributed by atoms with Crippen LogP contribution in [0.25, 0.3) is 0 Å². The summed E-state index contributed by atoms with van der Waals surface area (Å²) in [5.74, 6) is 0.293. The van der Waals surface area contributed by atoms with Crippen molar-refractivity contribution in [3.63, 3.8) is 0 Å². The number of pyridine rings is 1. The van der Waals surface area contributed by atoms with E-state index in [1.54, 1.807) is 17.1 Å². The maximum absolute atomic E-state index is 12.3. The van der Waals surface area contributed by atoms with E-state index in [1.165, 1.54) is 0 Å². The first-order valence-corrected chi connectivity index (χ1v) is 7.54. The van der Waals surface area contributed by atoms with Crippen molar-refractivity contribution < 1.29 is 4.79 Å². The van der Waals surface area contributed by atoms with Crippen molar-refractivity contribution in [2.45, 2.75) is 25.9 Å². The third kappa shape index (κ3) is 5.15. The van der Waals surface area contributed by atoms with Crippen LogP contribution in [0.4, 0.5) is 0 Å². The summed E-state index contributed by atoms with van der Waals surface area (Å²) in [6, 6.07) is 5.84. The quantitative estimate of drug-likeness (QED) is 0.844. The molecule has 2 atom stereocenters. The van der Waals surface area contributed by atoms with Crippen molar-refractivity contribution in [1.29, 1.82) is 0 Å². The number of carbonyl (C=O) groups excluding carboxylic acids is 1. The van der Waals surface area contributed by atoms with E-state index < -0.39 is 0 Å². The van der Waals surface area contributed by atoms with Crippen LogP contribution in [-0.4, -0.2) is 45.0 Å². The number of carbonyl (C=O) groups is 1. The van der Waals surface area contributed by atoms with Crippen LogP contribution >= 0.6 is 24.8 Å². The highest BCUT2D eigenvalue weighted by Crippen LogP contribution is 2.11. The SMILES string of the molecule is CC1CCNCC1NC(=O)c1cn(Cc2ccccn2)nn1.Cl.Cl. The second-order valence-electron chi connectivity index (χ2n) is 5.67. The fourth-order valence-electron chi connectivity index (χ4n) is 2.56. The Morgan fingerprint density at radius 2 is 2.25 bits per heavy atom. The van der Waals surface area contributed by atoms with Crippen molar-refractivity contribution in [1.82, 2.24) is 30.6 Å². The highest BCUT2D eigenvalue weighted by molar-refractivity contribution is 5.92. The van der Waals surface area contributed by atoms with Crippen molar-refractivity contribution in [3.8, 4) is 0 Å². The molecule has 0 spiro atoms. The third-order valence-electron chi connectivity index (χ3n) is 3.97. The Morgan fingerprint density at radius 3 is 2.96 bits per heavy atom. The number of hydrogen-bond donors (Lipinski definition) is 2. The van der Waals surface area contributed by atoms with Gasteiger partial charge >= 0.3 is 0 Å². The lowest BCUT2D eigenvalue weighted by Crippen LogP contribution is -2.50. The molecule has 2 aromatic heterocycles. The van der Waals surface area contributed by atoms with Crippen molar-refractivity contribution in [2.24, 2.45) is 5.92 Å². The average Bonchev–Trinajstić information content (AvgIpc) is 2.99. The Labute approximate surface area is 153 Å². The minimum absolute atomic E-state index is 0. The van der Waals surface area contributed by atoms with Gasteiger partial charge in [0.1, 0.15) is 0 Å². The van der Waals surface area contributed by atoms with Gasteiger partial charge in [-0.2, -0.15) is 0 Å². The normalized spacial score (nSPS) is 19.7. The van der Waals surface area contributed by atoms with Gasteiger partial charge in [0.05, 0.1) is 18.4 Å². The molecule has 2 unspecified atom stereocenters. The van der Waals surface area contributed by atoms with E-state index in [9.17, 15) is 4.79 Å². The zero-order valence-electron chi connectivity index (χ0n) is 13.4. The van der Waals surface area contributed by atoms with Crippen LogP contribution in [0.1, 0.15) is 29.5 Å². The molecule has 7 nitrogen and oxygen atoms in total. The monoisotopic (exact) mass is 372 g/mol. The first kappa shape index (κ1) is 20.3. The Balaban J connectivity index is 0.00000144. The van der Waals surface area contributed by atoms with E-state index in [0.29, 0.717) is 18.2 Å². The maximum atomic E-state index is 12.3. The van der Waals surface area contributed by atoms with Crippen LogP contribution in [0.5, 0.6) is 0 Å². The number of nitrogens with zero attached hydrogens (tertiary/aromatic N) is 4. The Kier molecular flexibility index (Phi) is 8.10. The lowest BCUT2D eigenvalue weighted by atomic mass is 9.95. The minimum atomic E-state index is -0.173. The second-order valence-corrected chi connectivity index (χ2v) is 5.67. The largest absolute Gasteiger partial charge is 0.346 e. The number of piperidine rings is 1. The van der Waals surface area contributed by atoms with E-state index in [4.69, 9.17) is 0 Å². The summed E-state index contributed by atoms with van der Waals surface area (Å²) < 4.78 is 1.62. The molecule has 0 bridgehead atoms. The molecule has 1 aliphatic heterocycles. The Hall–Kier alpha value is -1.70. The molecule has 9 heteroatoms. The summed E-state index contributed by atoms with van der Waals surface area (Å²) in [6.07, 6.45) is 4.46. The first-order valence-electron chi connectivity index (χ1n) is 7.54. The molecule has 1 amide bonds. The highest BCUT2D eigenvalue weighted by atomic mass is 35.5. The van der Waals surface area contributed by atoms with Gasteiger partial charge in [-0.05, 0) is 31.0 Å². The van der Waals surface area contributed by atoms with E-state index >= 15 is 0 Å². The molecule has 3 rings (SSSR count). The zero-order valence-corrected chi connectivity index (χ0v) is 15.0. The summed E-state index contributed by atoms with van der Waals surface area (Å²) in [6.45, 7) is 4.47. The molecule has 2 aromatic rings. The summed E-state index contributed by atoms with van der Waals surface area (Å²) in [5, 5.41) is 14.3. The Bertz CT molecular complexity index is 636. The van der Waals surface area contributed by atoms with Crippen molar-refractivity contribution in [3.05, 3.63) is 42.0 Å². The lowest BCUT2D eigenvalue weighted by Gasteiger charge is -2.29. The van der Waals surface area contributed by atoms with Crippen LogP contribution in [0.15, 0.2) is 30.6 Å². The summed E-state index contributed by atoms with van der Waals surface area (Å²) >= 11 is 0. The minimum Gasteiger partial charge on any atom is -0.346 e. The van der Waals surface area contributed by atoms with Crippen molar-refractivity contribution >= 4 is 30.7 Å². The number of halogens is 2. The number of amides is 1. The molecule has 1 saturated heterocycles. The van der Waals surface area contributed by atoms with Gasteiger partial charge in [-0.15, -0.1) is 29.9 Å². The molecule has 24 heavy (non-hydrogen) atoms.